The molecule has 14 rings (SSSR count). The third-order valence-corrected chi connectivity index (χ3v) is 17.0. The van der Waals surface area contributed by atoms with E-state index in [0.29, 0.717) is 111 Å². The van der Waals surface area contributed by atoms with Crippen molar-refractivity contribution < 1.29 is 70.2 Å². The summed E-state index contributed by atoms with van der Waals surface area (Å²) in [6.45, 7) is 26.0. The number of amides is 3. The number of fused-ring (bicyclic) bond motifs is 4. The van der Waals surface area contributed by atoms with E-state index in [2.05, 4.69) is 46.2 Å². The molecule has 0 fully saturated rings. The van der Waals surface area contributed by atoms with Crippen LogP contribution in [0.3, 0.4) is 0 Å². The van der Waals surface area contributed by atoms with E-state index >= 15 is 0 Å². The molecule has 3 N–H and O–H groups in total. The summed E-state index contributed by atoms with van der Waals surface area (Å²) in [6, 6.07) is 1.85. The second-order valence-corrected chi connectivity index (χ2v) is 26.1. The van der Waals surface area contributed by atoms with Crippen LogP contribution >= 0.6 is 0 Å². The first-order chi connectivity index (χ1) is 47.7. The van der Waals surface area contributed by atoms with E-state index in [1.165, 1.54) is 50.3 Å². The van der Waals surface area contributed by atoms with Crippen molar-refractivity contribution in [3.63, 3.8) is 0 Å². The van der Waals surface area contributed by atoms with Gasteiger partial charge in [-0.2, -0.15) is 15.3 Å². The van der Waals surface area contributed by atoms with Crippen molar-refractivity contribution in [2.24, 2.45) is 0 Å². The lowest BCUT2D eigenvalue weighted by Gasteiger charge is -2.40. The summed E-state index contributed by atoms with van der Waals surface area (Å²) in [7, 11) is 0. The molecule has 0 aliphatic carbocycles. The Balaban J connectivity index is 0.000000144. The van der Waals surface area contributed by atoms with Gasteiger partial charge in [-0.05, 0) is 108 Å². The van der Waals surface area contributed by atoms with Gasteiger partial charge in [0.25, 0.3) is 11.8 Å². The molecular formula is C67H77F3N18O12. The summed E-state index contributed by atoms with van der Waals surface area (Å²) in [6.07, 6.45) is 12.2. The van der Waals surface area contributed by atoms with E-state index in [-0.39, 0.29) is 92.0 Å². The Hall–Kier alpha value is -11.0. The smallest absolute Gasteiger partial charge is 0.407 e. The number of hydrogen-bond acceptors (Lipinski definition) is 24. The number of rotatable bonds is 8. The Kier molecular flexibility index (Phi) is 19.3. The van der Waals surface area contributed by atoms with Gasteiger partial charge < -0.3 is 68.5 Å². The van der Waals surface area contributed by atoms with Gasteiger partial charge in [-0.1, -0.05) is 0 Å². The van der Waals surface area contributed by atoms with Gasteiger partial charge in [-0.15, -0.1) is 0 Å². The van der Waals surface area contributed by atoms with E-state index in [1.54, 1.807) is 53.2 Å². The SMILES string of the molecule is CCOC(=O)c1cnn2cc3c(nc12)N([C@H](C)c1cc(F)cnc1OC[C@@H](C)NC(=O)OC(C)(C)C)[C@H](C)CO3.C[C@@H]1COc2ncc(F)cc2[C@@H](C)N2c3nc4c(cnn4cc3OC[C@H]2C)C(=O)N1.C[C@@H]1COc2ncc(F)cc2[C@H](C)N2c3nc4c(cnn4cc3OC[C@H]2C)C(=O)N1. The van der Waals surface area contributed by atoms with Crippen molar-refractivity contribution in [3.8, 4) is 34.9 Å². The molecule has 30 nitrogen and oxygen atoms in total. The summed E-state index contributed by atoms with van der Waals surface area (Å²) < 4.78 is 93.1. The largest absolute Gasteiger partial charge is 0.486 e. The number of ether oxygens (including phenoxy) is 8. The molecule has 0 radical (unpaired) electrons. The van der Waals surface area contributed by atoms with Crippen LogP contribution < -0.4 is 59.1 Å². The van der Waals surface area contributed by atoms with Gasteiger partial charge in [0.05, 0.1) is 117 Å². The van der Waals surface area contributed by atoms with Crippen LogP contribution in [0, 0.1) is 17.5 Å². The van der Waals surface area contributed by atoms with Gasteiger partial charge >= 0.3 is 12.1 Å². The fraction of sp³-hybridized carbons (Fsp3) is 0.448. The standard InChI is InChI=1S/C27H35FN6O6.2C20H21FN6O3/c1-8-37-25(35)20-11-30-33-12-21-23(32-22(20)33)34(16(3)14-38-21)17(4)19-9-18(28)10-29-24(19)39-13-15(2)31-26(36)40-27(5,6)7;2*1-10-8-30-20-14(4-13(21)5-22-20)12(3)27-11(2)9-29-16-7-26-17(25-18(16)27)15(6-23-26)19(28)24-10/h9-12,15-17H,8,13-14H2,1-7H3,(H,31,36);2*4-7,10-12H,8-9H2,1-3H3,(H,24,28)/t15-,16-,17-;10-,11-,12+;10-,11-,12-/m111/s1. The van der Waals surface area contributed by atoms with Crippen molar-refractivity contribution in [2.45, 2.75) is 150 Å². The normalized spacial score (nSPS) is 20.7. The second-order valence-electron chi connectivity index (χ2n) is 26.1. The highest BCUT2D eigenvalue weighted by molar-refractivity contribution is 6.01. The van der Waals surface area contributed by atoms with Gasteiger partial charge in [-0.25, -0.2) is 66.2 Å². The third kappa shape index (κ3) is 14.2. The van der Waals surface area contributed by atoms with Crippen LogP contribution in [0.2, 0.25) is 0 Å². The predicted molar refractivity (Wildman–Crippen MR) is 354 cm³/mol. The molecule has 0 saturated heterocycles. The molecule has 9 aromatic heterocycles. The number of hydrogen-bond donors (Lipinski definition) is 3. The molecule has 100 heavy (non-hydrogen) atoms. The summed E-state index contributed by atoms with van der Waals surface area (Å²) in [5.41, 5.74) is 3.13. The number of aromatic nitrogens is 12. The van der Waals surface area contributed by atoms with Gasteiger partial charge in [0, 0.05) is 16.7 Å². The van der Waals surface area contributed by atoms with Crippen LogP contribution in [0.1, 0.15) is 156 Å². The van der Waals surface area contributed by atoms with E-state index in [0.717, 1.165) is 18.6 Å². The number of nitrogens with one attached hydrogen (secondary N) is 3. The highest BCUT2D eigenvalue weighted by atomic mass is 19.1. The maximum Gasteiger partial charge on any atom is 0.407 e. The minimum Gasteiger partial charge on any atom is -0.486 e. The fourth-order valence-corrected chi connectivity index (χ4v) is 12.3. The van der Waals surface area contributed by atoms with E-state index in [4.69, 9.17) is 52.8 Å². The van der Waals surface area contributed by atoms with Crippen molar-refractivity contribution in [1.82, 2.24) is 74.7 Å². The van der Waals surface area contributed by atoms with Crippen LogP contribution in [0.4, 0.5) is 35.4 Å². The van der Waals surface area contributed by atoms with Crippen molar-refractivity contribution >= 4 is 58.3 Å². The van der Waals surface area contributed by atoms with Crippen LogP contribution in [0.15, 0.2) is 74.0 Å². The Labute approximate surface area is 571 Å². The highest BCUT2D eigenvalue weighted by Gasteiger charge is 2.38. The molecule has 9 atom stereocenters. The molecule has 14 heterocycles. The van der Waals surface area contributed by atoms with E-state index in [1.807, 2.05) is 70.1 Å². The zero-order valence-corrected chi connectivity index (χ0v) is 57.3. The van der Waals surface area contributed by atoms with Gasteiger partial charge in [0.2, 0.25) is 17.6 Å². The second kappa shape index (κ2) is 28.1. The molecule has 4 bridgehead atoms. The topological polar surface area (TPSA) is 317 Å². The molecule has 0 unspecified atom stereocenters. The molecule has 0 spiro atoms. The fourth-order valence-electron chi connectivity index (χ4n) is 12.3. The minimum atomic E-state index is -0.634. The summed E-state index contributed by atoms with van der Waals surface area (Å²) >= 11 is 0. The molecule has 3 amide bonds. The average Bonchev–Trinajstić information content (AvgIpc) is 1.37. The number of nitrogens with zero attached hydrogens (tertiary/aromatic N) is 15. The van der Waals surface area contributed by atoms with Crippen molar-refractivity contribution in [1.29, 1.82) is 0 Å². The highest BCUT2D eigenvalue weighted by Crippen LogP contribution is 2.44. The van der Waals surface area contributed by atoms with Crippen LogP contribution in [0.5, 0.6) is 34.9 Å². The molecule has 5 aliphatic heterocycles. The monoisotopic (exact) mass is 1380 g/mol. The first kappa shape index (κ1) is 68.9. The Morgan fingerprint density at radius 3 is 1.58 bits per heavy atom. The lowest BCUT2D eigenvalue weighted by atomic mass is 10.1. The molecule has 0 aromatic carbocycles. The Morgan fingerprint density at radius 2 is 1.07 bits per heavy atom. The van der Waals surface area contributed by atoms with Crippen LogP contribution in [-0.2, 0) is 9.47 Å². The molecule has 5 aliphatic rings. The number of pyridine rings is 3. The molecule has 0 saturated carbocycles. The van der Waals surface area contributed by atoms with Crippen LogP contribution in [0.25, 0.3) is 16.9 Å². The van der Waals surface area contributed by atoms with Gasteiger partial charge in [-0.3, -0.25) is 9.59 Å². The maximum absolute atomic E-state index is 14.5. The van der Waals surface area contributed by atoms with Gasteiger partial charge in [0.15, 0.2) is 51.6 Å². The summed E-state index contributed by atoms with van der Waals surface area (Å²) in [5, 5.41) is 21.2. The molecule has 33 heteroatoms. The van der Waals surface area contributed by atoms with Crippen molar-refractivity contribution in [3.05, 3.63) is 125 Å². The lowest BCUT2D eigenvalue weighted by molar-refractivity contribution is 0.0489. The minimum absolute atomic E-state index is 0.0529. The maximum atomic E-state index is 14.5. The number of carbonyl (C=O) groups excluding carboxylic acids is 4. The van der Waals surface area contributed by atoms with E-state index < -0.39 is 47.2 Å². The number of anilines is 3. The van der Waals surface area contributed by atoms with Gasteiger partial charge in [0.1, 0.15) is 79.4 Å². The predicted octanol–water partition coefficient (Wildman–Crippen LogP) is 8.33. The molecular weight excluding hydrogens is 1310 g/mol. The molecule has 9 aromatic rings. The first-order valence-electron chi connectivity index (χ1n) is 32.7. The quantitative estimate of drug-likeness (QED) is 0.120. The van der Waals surface area contributed by atoms with Crippen molar-refractivity contribution in [2.75, 3.05) is 60.9 Å². The number of halogens is 3. The number of esters is 1. The zero-order chi connectivity index (χ0) is 71.2. The third-order valence-electron chi connectivity index (χ3n) is 17.0. The number of alkyl carbamates (subject to hydrolysis) is 1. The summed E-state index contributed by atoms with van der Waals surface area (Å²) in [4.78, 5) is 83.0. The Bertz CT molecular complexity index is 4410. The number of carbonyl (C=O) groups is 4. The average molecular weight is 1380 g/mol. The Morgan fingerprint density at radius 1 is 0.610 bits per heavy atom. The lowest BCUT2D eigenvalue weighted by Crippen LogP contribution is -2.43. The zero-order valence-electron chi connectivity index (χ0n) is 57.3. The first-order valence-corrected chi connectivity index (χ1v) is 32.7. The molecule has 528 valence electrons. The summed E-state index contributed by atoms with van der Waals surface area (Å²) in [5.74, 6) is 1.42. The van der Waals surface area contributed by atoms with E-state index in [9.17, 15) is 32.3 Å². The van der Waals surface area contributed by atoms with Crippen LogP contribution in [-0.4, -0.2) is 171 Å².